The molecule has 0 spiro atoms. The first-order chi connectivity index (χ1) is 15.7. The number of aryl methyl sites for hydroxylation is 2. The van der Waals surface area contributed by atoms with Crippen molar-refractivity contribution in [3.05, 3.63) is 108 Å². The van der Waals surface area contributed by atoms with Crippen LogP contribution in [-0.4, -0.2) is 0 Å². The molecule has 2 heterocycles. The van der Waals surface area contributed by atoms with Crippen molar-refractivity contribution in [2.75, 3.05) is 0 Å². The van der Waals surface area contributed by atoms with Gasteiger partial charge in [-0.25, -0.2) is 0 Å². The number of benzene rings is 4. The maximum atomic E-state index is 6.12. The van der Waals surface area contributed by atoms with Gasteiger partial charge < -0.3 is 8.83 Å². The molecule has 4 aromatic carbocycles. The number of fused-ring (bicyclic) bond motifs is 2. The van der Waals surface area contributed by atoms with Crippen LogP contribution in [0.4, 0.5) is 0 Å². The van der Waals surface area contributed by atoms with Crippen LogP contribution in [0.25, 0.3) is 55.7 Å². The molecule has 0 saturated heterocycles. The van der Waals surface area contributed by atoms with Crippen LogP contribution in [0.5, 0.6) is 0 Å². The first kappa shape index (κ1) is 18.7. The van der Waals surface area contributed by atoms with E-state index in [1.54, 1.807) is 0 Å². The molecule has 2 heteroatoms. The fourth-order valence-corrected chi connectivity index (χ4v) is 4.53. The molecule has 6 aromatic rings. The summed E-state index contributed by atoms with van der Waals surface area (Å²) in [4.78, 5) is 0. The average molecular weight is 415 g/mol. The molecule has 0 fully saturated rings. The largest absolute Gasteiger partial charge is 0.456 e. The van der Waals surface area contributed by atoms with Crippen LogP contribution in [0.2, 0.25) is 0 Å². The molecule has 0 aliphatic carbocycles. The zero-order valence-corrected chi connectivity index (χ0v) is 18.1. The van der Waals surface area contributed by atoms with Crippen LogP contribution in [0.1, 0.15) is 11.1 Å². The SMILES string of the molecule is Cc1c(-c2ccc(-c3ccc(-c4oc5ccccc5c4C)cc3)cc2)oc2ccccc12. The molecule has 0 bridgehead atoms. The Kier molecular flexibility index (Phi) is 4.26. The highest BCUT2D eigenvalue weighted by Gasteiger charge is 2.13. The Morgan fingerprint density at radius 1 is 0.406 bits per heavy atom. The minimum atomic E-state index is 0.931. The molecule has 0 unspecified atom stereocenters. The molecule has 2 aromatic heterocycles. The predicted octanol–water partition coefficient (Wildman–Crippen LogP) is 8.80. The molecule has 154 valence electrons. The van der Waals surface area contributed by atoms with Crippen LogP contribution >= 0.6 is 0 Å². The lowest BCUT2D eigenvalue weighted by Crippen LogP contribution is -1.82. The Morgan fingerprint density at radius 2 is 0.750 bits per heavy atom. The minimum Gasteiger partial charge on any atom is -0.456 e. The van der Waals surface area contributed by atoms with Gasteiger partial charge in [0.25, 0.3) is 0 Å². The predicted molar refractivity (Wildman–Crippen MR) is 132 cm³/mol. The van der Waals surface area contributed by atoms with Crippen molar-refractivity contribution in [3.8, 4) is 33.8 Å². The van der Waals surface area contributed by atoms with Crippen LogP contribution in [0.3, 0.4) is 0 Å². The van der Waals surface area contributed by atoms with E-state index in [9.17, 15) is 0 Å². The maximum Gasteiger partial charge on any atom is 0.138 e. The van der Waals surface area contributed by atoms with Crippen molar-refractivity contribution in [2.45, 2.75) is 13.8 Å². The van der Waals surface area contributed by atoms with E-state index in [0.29, 0.717) is 0 Å². The van der Waals surface area contributed by atoms with E-state index in [1.807, 2.05) is 36.4 Å². The van der Waals surface area contributed by atoms with E-state index in [0.717, 1.165) is 33.8 Å². The van der Waals surface area contributed by atoms with Crippen LogP contribution in [0.15, 0.2) is 106 Å². The highest BCUT2D eigenvalue weighted by molar-refractivity contribution is 5.89. The average Bonchev–Trinajstić information content (AvgIpc) is 3.37. The van der Waals surface area contributed by atoms with Gasteiger partial charge in [0.1, 0.15) is 22.7 Å². The van der Waals surface area contributed by atoms with Gasteiger partial charge in [-0.2, -0.15) is 0 Å². The summed E-state index contributed by atoms with van der Waals surface area (Å²) in [6, 6.07) is 33.5. The van der Waals surface area contributed by atoms with Crippen molar-refractivity contribution >= 4 is 21.9 Å². The number of para-hydroxylation sites is 2. The van der Waals surface area contributed by atoms with Crippen molar-refractivity contribution in [1.29, 1.82) is 0 Å². The van der Waals surface area contributed by atoms with Crippen molar-refractivity contribution in [1.82, 2.24) is 0 Å². The molecule has 6 rings (SSSR count). The molecule has 2 nitrogen and oxygen atoms in total. The fraction of sp³-hybridized carbons (Fsp3) is 0.0667. The van der Waals surface area contributed by atoms with Gasteiger partial charge >= 0.3 is 0 Å². The number of rotatable bonds is 3. The standard InChI is InChI=1S/C30H22O2/c1-19-25-7-3-5-9-27(25)31-29(19)23-15-11-21(12-16-23)22-13-17-24(18-14-22)30-20(2)26-8-4-6-10-28(26)32-30/h3-18H,1-2H3. The highest BCUT2D eigenvalue weighted by atomic mass is 16.3. The Morgan fingerprint density at radius 3 is 1.12 bits per heavy atom. The van der Waals surface area contributed by atoms with Gasteiger partial charge in [-0.3, -0.25) is 0 Å². The third kappa shape index (κ3) is 2.96. The third-order valence-corrected chi connectivity index (χ3v) is 6.31. The van der Waals surface area contributed by atoms with E-state index in [4.69, 9.17) is 8.83 Å². The summed E-state index contributed by atoms with van der Waals surface area (Å²) in [6.45, 7) is 4.24. The number of hydrogen-bond acceptors (Lipinski definition) is 2. The maximum absolute atomic E-state index is 6.12. The summed E-state index contributed by atoms with van der Waals surface area (Å²) < 4.78 is 12.2. The van der Waals surface area contributed by atoms with Crippen molar-refractivity contribution in [3.63, 3.8) is 0 Å². The topological polar surface area (TPSA) is 26.3 Å². The summed E-state index contributed by atoms with van der Waals surface area (Å²) >= 11 is 0. The molecule has 0 aliphatic rings. The molecule has 0 N–H and O–H groups in total. The number of furan rings is 2. The minimum absolute atomic E-state index is 0.931. The molecule has 0 radical (unpaired) electrons. The fourth-order valence-electron chi connectivity index (χ4n) is 4.53. The monoisotopic (exact) mass is 414 g/mol. The molecular formula is C30H22O2. The molecule has 0 aliphatic heterocycles. The van der Waals surface area contributed by atoms with E-state index in [2.05, 4.69) is 74.5 Å². The zero-order valence-electron chi connectivity index (χ0n) is 18.1. The summed E-state index contributed by atoms with van der Waals surface area (Å²) in [5.74, 6) is 1.88. The van der Waals surface area contributed by atoms with Gasteiger partial charge in [0.2, 0.25) is 0 Å². The summed E-state index contributed by atoms with van der Waals surface area (Å²) in [5.41, 5.74) is 8.76. The van der Waals surface area contributed by atoms with Gasteiger partial charge in [-0.15, -0.1) is 0 Å². The molecule has 0 atom stereocenters. The van der Waals surface area contributed by atoms with E-state index >= 15 is 0 Å². The first-order valence-corrected chi connectivity index (χ1v) is 10.9. The second kappa shape index (κ2) is 7.28. The zero-order chi connectivity index (χ0) is 21.7. The highest BCUT2D eigenvalue weighted by Crippen LogP contribution is 2.36. The second-order valence-electron chi connectivity index (χ2n) is 8.26. The lowest BCUT2D eigenvalue weighted by atomic mass is 9.99. The van der Waals surface area contributed by atoms with Crippen molar-refractivity contribution in [2.24, 2.45) is 0 Å². The molecule has 0 amide bonds. The van der Waals surface area contributed by atoms with Crippen molar-refractivity contribution < 1.29 is 8.83 Å². The lowest BCUT2D eigenvalue weighted by Gasteiger charge is -2.06. The third-order valence-electron chi connectivity index (χ3n) is 6.31. The quantitative estimate of drug-likeness (QED) is 0.289. The van der Waals surface area contributed by atoms with Crippen LogP contribution in [-0.2, 0) is 0 Å². The van der Waals surface area contributed by atoms with E-state index in [1.165, 1.54) is 33.0 Å². The Labute approximate surface area is 186 Å². The molecular weight excluding hydrogens is 392 g/mol. The summed E-state index contributed by atoms with van der Waals surface area (Å²) in [5, 5.41) is 2.34. The van der Waals surface area contributed by atoms with E-state index < -0.39 is 0 Å². The molecule has 32 heavy (non-hydrogen) atoms. The lowest BCUT2D eigenvalue weighted by molar-refractivity contribution is 0.629. The van der Waals surface area contributed by atoms with Crippen LogP contribution < -0.4 is 0 Å². The summed E-state index contributed by atoms with van der Waals surface area (Å²) in [6.07, 6.45) is 0. The van der Waals surface area contributed by atoms with Gasteiger partial charge in [-0.1, -0.05) is 84.9 Å². The van der Waals surface area contributed by atoms with Gasteiger partial charge in [0, 0.05) is 33.0 Å². The van der Waals surface area contributed by atoms with Gasteiger partial charge in [-0.05, 0) is 37.1 Å². The Balaban J connectivity index is 1.32. The van der Waals surface area contributed by atoms with Crippen LogP contribution in [0, 0.1) is 13.8 Å². The second-order valence-corrected chi connectivity index (χ2v) is 8.26. The van der Waals surface area contributed by atoms with Gasteiger partial charge in [0.15, 0.2) is 0 Å². The normalized spacial score (nSPS) is 11.4. The smallest absolute Gasteiger partial charge is 0.138 e. The Hall–Kier alpha value is -4.04. The summed E-state index contributed by atoms with van der Waals surface area (Å²) in [7, 11) is 0. The number of hydrogen-bond donors (Lipinski definition) is 0. The first-order valence-electron chi connectivity index (χ1n) is 10.9. The Bertz CT molecular complexity index is 1440. The van der Waals surface area contributed by atoms with Gasteiger partial charge in [0.05, 0.1) is 0 Å². The molecule has 0 saturated carbocycles. The van der Waals surface area contributed by atoms with E-state index in [-0.39, 0.29) is 0 Å².